The highest BCUT2D eigenvalue weighted by atomic mass is 16.6. The highest BCUT2D eigenvalue weighted by molar-refractivity contribution is 5.82. The molecule has 1 aliphatic carbocycles. The molecule has 2 aliphatic rings. The first-order valence-electron chi connectivity index (χ1n) is 14.9. The number of carboxylic acid groups (broad SMARTS) is 1. The van der Waals surface area contributed by atoms with Gasteiger partial charge in [0, 0.05) is 49.9 Å². The lowest BCUT2D eigenvalue weighted by molar-refractivity contribution is -0.144. The number of amides is 1. The van der Waals surface area contributed by atoms with Crippen molar-refractivity contribution < 1.29 is 24.2 Å². The fourth-order valence-corrected chi connectivity index (χ4v) is 6.80. The molecule has 4 rings (SSSR count). The number of nitrogens with one attached hydrogen (secondary N) is 1. The Morgan fingerprint density at radius 2 is 1.90 bits per heavy atom. The highest BCUT2D eigenvalue weighted by Crippen LogP contribution is 2.50. The third-order valence-electron chi connectivity index (χ3n) is 8.99. The van der Waals surface area contributed by atoms with Crippen LogP contribution in [0.4, 0.5) is 10.6 Å². The van der Waals surface area contributed by atoms with Crippen LogP contribution < -0.4 is 15.0 Å². The molecule has 9 nitrogen and oxygen atoms in total. The first kappa shape index (κ1) is 31.6. The average molecular weight is 581 g/mol. The molecular weight excluding hydrogens is 532 g/mol. The molecule has 9 heteroatoms. The van der Waals surface area contributed by atoms with E-state index in [4.69, 9.17) is 9.47 Å². The summed E-state index contributed by atoms with van der Waals surface area (Å²) in [5.74, 6) is -0.0592. The molecule has 4 atom stereocenters. The quantitative estimate of drug-likeness (QED) is 0.385. The summed E-state index contributed by atoms with van der Waals surface area (Å²) in [5, 5.41) is 14.4. The number of likely N-dealkylation sites (tertiary alicyclic amines) is 1. The molecule has 0 bridgehead atoms. The van der Waals surface area contributed by atoms with Gasteiger partial charge in [0.2, 0.25) is 0 Å². The van der Waals surface area contributed by atoms with Crippen LogP contribution >= 0.6 is 0 Å². The van der Waals surface area contributed by atoms with Crippen LogP contribution in [0.1, 0.15) is 83.5 Å². The van der Waals surface area contributed by atoms with Gasteiger partial charge in [-0.2, -0.15) is 0 Å². The fourth-order valence-electron chi connectivity index (χ4n) is 6.80. The topological polar surface area (TPSA) is 104 Å². The molecule has 1 aliphatic heterocycles. The van der Waals surface area contributed by atoms with E-state index in [0.717, 1.165) is 29.7 Å². The van der Waals surface area contributed by atoms with E-state index in [1.54, 1.807) is 27.2 Å². The number of pyridine rings is 1. The minimum absolute atomic E-state index is 0.160. The number of hydrogen-bond donors (Lipinski definition) is 2. The Bertz CT molecular complexity index is 1280. The third-order valence-corrected chi connectivity index (χ3v) is 8.99. The van der Waals surface area contributed by atoms with Crippen molar-refractivity contribution in [1.29, 1.82) is 0 Å². The molecule has 1 amide bonds. The molecule has 2 fully saturated rings. The van der Waals surface area contributed by atoms with E-state index in [0.29, 0.717) is 12.4 Å². The van der Waals surface area contributed by atoms with Crippen molar-refractivity contribution in [3.63, 3.8) is 0 Å². The van der Waals surface area contributed by atoms with Crippen molar-refractivity contribution in [3.05, 3.63) is 53.2 Å². The largest absolute Gasteiger partial charge is 0.496 e. The van der Waals surface area contributed by atoms with Gasteiger partial charge in [0.1, 0.15) is 17.6 Å². The third kappa shape index (κ3) is 6.07. The Balaban J connectivity index is 1.86. The summed E-state index contributed by atoms with van der Waals surface area (Å²) in [7, 11) is 5.46. The predicted molar refractivity (Wildman–Crippen MR) is 164 cm³/mol. The first-order chi connectivity index (χ1) is 19.7. The van der Waals surface area contributed by atoms with E-state index in [2.05, 4.69) is 29.4 Å². The number of ether oxygens (including phenoxy) is 2. The molecule has 0 radical (unpaired) electrons. The van der Waals surface area contributed by atoms with Gasteiger partial charge in [-0.05, 0) is 55.2 Å². The monoisotopic (exact) mass is 580 g/mol. The zero-order valence-corrected chi connectivity index (χ0v) is 26.6. The van der Waals surface area contributed by atoms with Gasteiger partial charge < -0.3 is 24.8 Å². The minimum Gasteiger partial charge on any atom is -0.496 e. The van der Waals surface area contributed by atoms with E-state index in [-0.39, 0.29) is 5.41 Å². The van der Waals surface area contributed by atoms with Crippen molar-refractivity contribution in [2.75, 3.05) is 26.1 Å². The van der Waals surface area contributed by atoms with Crippen molar-refractivity contribution >= 4 is 17.9 Å². The zero-order valence-electron chi connectivity index (χ0n) is 26.6. The standard InChI is InChI=1S/C33H48N4O5/c1-20(2)42-31(40)37-27(23-12-10-17-34-29(23)36(7)8)26(25(32(3,4)5)28(37)30(38)39)35-19-21-18-22(13-14-24(21)41-9)33(6)15-11-16-33/h10,12-14,17-18,20,25-28,35H,11,15-16,19H2,1-9H3,(H,38,39)/t25-,26-,27-,28-/m0/s1. The number of rotatable bonds is 9. The van der Waals surface area contributed by atoms with Crippen molar-refractivity contribution in [1.82, 2.24) is 15.2 Å². The number of methoxy groups -OCH3 is 1. The summed E-state index contributed by atoms with van der Waals surface area (Å²) in [6, 6.07) is 7.97. The summed E-state index contributed by atoms with van der Waals surface area (Å²) in [4.78, 5) is 34.8. The fraction of sp³-hybridized carbons (Fsp3) is 0.606. The lowest BCUT2D eigenvalue weighted by Crippen LogP contribution is -2.48. The second-order valence-electron chi connectivity index (χ2n) is 13.6. The van der Waals surface area contributed by atoms with Gasteiger partial charge in [-0.15, -0.1) is 0 Å². The minimum atomic E-state index is -1.11. The average Bonchev–Trinajstić information content (AvgIpc) is 3.26. The number of nitrogens with zero attached hydrogens (tertiary/aromatic N) is 3. The SMILES string of the molecule is COc1ccc(C2(C)CCC2)cc1CN[C@H]1[C@H](C(C)(C)C)[C@@H](C(=O)O)N(C(=O)OC(C)C)[C@H]1c1cccnc1N(C)C. The second-order valence-corrected chi connectivity index (χ2v) is 13.6. The van der Waals surface area contributed by atoms with Gasteiger partial charge in [0.15, 0.2) is 0 Å². The summed E-state index contributed by atoms with van der Waals surface area (Å²) in [6.07, 6.45) is 4.20. The number of aliphatic carboxylic acids is 1. The Kier molecular flexibility index (Phi) is 9.11. The molecule has 1 aromatic carbocycles. The number of aromatic nitrogens is 1. The lowest BCUT2D eigenvalue weighted by atomic mass is 9.66. The predicted octanol–water partition coefficient (Wildman–Crippen LogP) is 5.77. The molecule has 2 N–H and O–H groups in total. The van der Waals surface area contributed by atoms with Crippen LogP contribution in [-0.4, -0.2) is 66.4 Å². The van der Waals surface area contributed by atoms with Gasteiger partial charge in [-0.1, -0.05) is 52.3 Å². The molecule has 1 saturated heterocycles. The van der Waals surface area contributed by atoms with Crippen molar-refractivity contribution in [2.24, 2.45) is 11.3 Å². The zero-order chi connectivity index (χ0) is 31.0. The van der Waals surface area contributed by atoms with Crippen LogP contribution in [0.15, 0.2) is 36.5 Å². The number of carbonyl (C=O) groups is 2. The molecule has 2 aromatic rings. The van der Waals surface area contributed by atoms with Crippen molar-refractivity contribution in [2.45, 2.75) is 97.0 Å². The molecule has 230 valence electrons. The second kappa shape index (κ2) is 12.1. The maximum Gasteiger partial charge on any atom is 0.411 e. The Hall–Kier alpha value is -3.33. The Labute approximate surface area is 250 Å². The van der Waals surface area contributed by atoms with Crippen molar-refractivity contribution in [3.8, 4) is 5.75 Å². The van der Waals surface area contributed by atoms with E-state index in [1.165, 1.54) is 16.9 Å². The number of anilines is 1. The summed E-state index contributed by atoms with van der Waals surface area (Å²) in [6.45, 7) is 12.4. The molecule has 0 spiro atoms. The molecule has 1 aromatic heterocycles. The normalized spacial score (nSPS) is 23.4. The maximum atomic E-state index is 13.8. The van der Waals surface area contributed by atoms with Crippen LogP contribution in [0.2, 0.25) is 0 Å². The van der Waals surface area contributed by atoms with Gasteiger partial charge in [-0.25, -0.2) is 14.6 Å². The molecule has 0 unspecified atom stereocenters. The number of carbonyl (C=O) groups excluding carboxylic acids is 1. The Morgan fingerprint density at radius 1 is 1.21 bits per heavy atom. The molecular formula is C33H48N4O5. The number of benzene rings is 1. The van der Waals surface area contributed by atoms with Crippen LogP contribution in [-0.2, 0) is 21.5 Å². The van der Waals surface area contributed by atoms with Gasteiger partial charge in [0.05, 0.1) is 19.3 Å². The summed E-state index contributed by atoms with van der Waals surface area (Å²) >= 11 is 0. The molecule has 42 heavy (non-hydrogen) atoms. The van der Waals surface area contributed by atoms with Crippen LogP contribution in [0, 0.1) is 11.3 Å². The van der Waals surface area contributed by atoms with E-state index >= 15 is 0 Å². The number of hydrogen-bond acceptors (Lipinski definition) is 7. The summed E-state index contributed by atoms with van der Waals surface area (Å²) in [5.41, 5.74) is 2.74. The molecule has 1 saturated carbocycles. The van der Waals surface area contributed by atoms with E-state index in [1.807, 2.05) is 58.0 Å². The Morgan fingerprint density at radius 3 is 2.43 bits per heavy atom. The lowest BCUT2D eigenvalue weighted by Gasteiger charge is -2.39. The van der Waals surface area contributed by atoms with Crippen LogP contribution in [0.5, 0.6) is 5.75 Å². The number of carboxylic acids is 1. The van der Waals surface area contributed by atoms with Gasteiger partial charge in [-0.3, -0.25) is 4.90 Å². The van der Waals surface area contributed by atoms with E-state index in [9.17, 15) is 14.7 Å². The van der Waals surface area contributed by atoms with Crippen LogP contribution in [0.3, 0.4) is 0 Å². The van der Waals surface area contributed by atoms with Crippen LogP contribution in [0.25, 0.3) is 0 Å². The highest BCUT2D eigenvalue weighted by Gasteiger charge is 2.59. The molecule has 2 heterocycles. The van der Waals surface area contributed by atoms with Gasteiger partial charge >= 0.3 is 12.1 Å². The maximum absolute atomic E-state index is 13.8. The van der Waals surface area contributed by atoms with Gasteiger partial charge in [0.25, 0.3) is 0 Å². The van der Waals surface area contributed by atoms with E-state index < -0.39 is 47.6 Å². The summed E-state index contributed by atoms with van der Waals surface area (Å²) < 4.78 is 11.5. The smallest absolute Gasteiger partial charge is 0.411 e. The first-order valence-corrected chi connectivity index (χ1v) is 14.9.